The molecule has 0 saturated carbocycles. The number of hydrogen-bond donors (Lipinski definition) is 1. The fraction of sp³-hybridized carbons (Fsp3) is 1.00. The maximum Gasteiger partial charge on any atom is -0.0165 e. The van der Waals surface area contributed by atoms with Crippen LogP contribution in [0.25, 0.3) is 5.32 Å². The maximum atomic E-state index is 3.86. The molecule has 0 aromatic heterocycles. The van der Waals surface area contributed by atoms with Crippen molar-refractivity contribution in [1.29, 1.82) is 0 Å². The molecular weight excluding hydrogens is 76.1 g/mol. The molecule has 0 aliphatic carbocycles. The van der Waals surface area contributed by atoms with Crippen molar-refractivity contribution in [2.75, 3.05) is 27.2 Å². The number of rotatable bonds is 3. The minimum absolute atomic E-state index is 0.927. The van der Waals surface area contributed by atoms with Crippen LogP contribution in [0.5, 0.6) is 0 Å². The highest BCUT2D eigenvalue weighted by Gasteiger charge is 1.61. The number of nitrogens with zero attached hydrogens (tertiary/aromatic N) is 1. The van der Waals surface area contributed by atoms with E-state index in [0.29, 0.717) is 0 Å². The van der Waals surface area contributed by atoms with Gasteiger partial charge in [-0.1, -0.05) is 0 Å². The molecule has 0 bridgehead atoms. The Labute approximate surface area is 38.9 Å². The van der Waals surface area contributed by atoms with E-state index in [1.54, 1.807) is 0 Å². The Morgan fingerprint density at radius 1 is 1.67 bits per heavy atom. The van der Waals surface area contributed by atoms with Gasteiger partial charge in [0.1, 0.15) is 0 Å². The van der Waals surface area contributed by atoms with Gasteiger partial charge in [0.05, 0.1) is 0 Å². The lowest BCUT2D eigenvalue weighted by Crippen LogP contribution is -2.10. The van der Waals surface area contributed by atoms with Crippen LogP contribution in [0, 0.1) is 0 Å². The highest BCUT2D eigenvalue weighted by atomic mass is 14.9. The molecule has 0 unspecified atom stereocenters. The zero-order valence-corrected chi connectivity index (χ0v) is 4.36. The van der Waals surface area contributed by atoms with Gasteiger partial charge in [0.2, 0.25) is 0 Å². The molecule has 0 aliphatic rings. The summed E-state index contributed by atoms with van der Waals surface area (Å²) in [4.78, 5) is 0. The fourth-order valence-electron chi connectivity index (χ4n) is 0.224. The predicted octanol–water partition coefficient (Wildman–Crippen LogP) is 0.209. The van der Waals surface area contributed by atoms with E-state index in [4.69, 9.17) is 0 Å². The van der Waals surface area contributed by atoms with Gasteiger partial charge in [-0.05, 0) is 13.6 Å². The van der Waals surface area contributed by atoms with Crippen LogP contribution in [0.3, 0.4) is 0 Å². The van der Waals surface area contributed by atoms with Gasteiger partial charge in [-0.15, -0.1) is 6.54 Å². The molecule has 0 saturated heterocycles. The quantitative estimate of drug-likeness (QED) is 0.489. The molecule has 38 valence electrons. The standard InChI is InChI=1S/C4H11N2/c1-5-3-4-6-2/h5H,3-4H2,1-2H3/q-1. The van der Waals surface area contributed by atoms with Gasteiger partial charge in [0.15, 0.2) is 0 Å². The Hall–Kier alpha value is -0.0800. The third-order valence-electron chi connectivity index (χ3n) is 0.585. The lowest BCUT2D eigenvalue weighted by Gasteiger charge is -2.07. The van der Waals surface area contributed by atoms with E-state index in [1.807, 2.05) is 14.1 Å². The normalized spacial score (nSPS) is 9.00. The summed E-state index contributed by atoms with van der Waals surface area (Å²) < 4.78 is 0. The van der Waals surface area contributed by atoms with Crippen LogP contribution in [0.4, 0.5) is 0 Å². The molecule has 2 nitrogen and oxygen atoms in total. The van der Waals surface area contributed by atoms with Crippen LogP contribution in [0.1, 0.15) is 0 Å². The van der Waals surface area contributed by atoms with Crippen molar-refractivity contribution in [3.05, 3.63) is 5.32 Å². The zero-order chi connectivity index (χ0) is 4.83. The third-order valence-corrected chi connectivity index (χ3v) is 0.585. The average molecular weight is 87.1 g/mol. The summed E-state index contributed by atoms with van der Waals surface area (Å²) >= 11 is 0. The van der Waals surface area contributed by atoms with Gasteiger partial charge in [-0.3, -0.25) is 0 Å². The van der Waals surface area contributed by atoms with Crippen LogP contribution in [-0.2, 0) is 0 Å². The summed E-state index contributed by atoms with van der Waals surface area (Å²) in [6, 6.07) is 0. The minimum Gasteiger partial charge on any atom is -0.664 e. The molecule has 6 heavy (non-hydrogen) atoms. The van der Waals surface area contributed by atoms with Gasteiger partial charge in [0.25, 0.3) is 0 Å². The van der Waals surface area contributed by atoms with Crippen LogP contribution in [0.15, 0.2) is 0 Å². The number of likely N-dealkylation sites (N-methyl/N-ethyl adjacent to an activating group) is 2. The first-order chi connectivity index (χ1) is 2.91. The van der Waals surface area contributed by atoms with Crippen molar-refractivity contribution < 1.29 is 0 Å². The molecule has 0 fully saturated rings. The Morgan fingerprint density at radius 2 is 2.33 bits per heavy atom. The van der Waals surface area contributed by atoms with Crippen molar-refractivity contribution in [3.63, 3.8) is 0 Å². The topological polar surface area (TPSA) is 26.1 Å². The average Bonchev–Trinajstić information content (AvgIpc) is 1.61. The van der Waals surface area contributed by atoms with Gasteiger partial charge < -0.3 is 10.6 Å². The van der Waals surface area contributed by atoms with Gasteiger partial charge >= 0.3 is 0 Å². The maximum absolute atomic E-state index is 3.86. The fourth-order valence-corrected chi connectivity index (χ4v) is 0.224. The van der Waals surface area contributed by atoms with Gasteiger partial charge in [-0.25, -0.2) is 0 Å². The Morgan fingerprint density at radius 3 is 2.50 bits per heavy atom. The number of hydrogen-bond acceptors (Lipinski definition) is 1. The van der Waals surface area contributed by atoms with E-state index in [0.717, 1.165) is 13.1 Å². The SMILES string of the molecule is C[N-]CCNC. The van der Waals surface area contributed by atoms with E-state index in [-0.39, 0.29) is 0 Å². The summed E-state index contributed by atoms with van der Waals surface area (Å²) in [6.45, 7) is 1.92. The summed E-state index contributed by atoms with van der Waals surface area (Å²) in [5, 5.41) is 6.84. The first-order valence-electron chi connectivity index (χ1n) is 2.12. The first kappa shape index (κ1) is 5.92. The van der Waals surface area contributed by atoms with Crippen LogP contribution >= 0.6 is 0 Å². The highest BCUT2D eigenvalue weighted by Crippen LogP contribution is 1.69. The smallest absolute Gasteiger partial charge is 0.0165 e. The highest BCUT2D eigenvalue weighted by molar-refractivity contribution is 4.69. The lowest BCUT2D eigenvalue weighted by atomic mass is 10.6. The second-order valence-electron chi connectivity index (χ2n) is 1.14. The van der Waals surface area contributed by atoms with E-state index in [9.17, 15) is 0 Å². The van der Waals surface area contributed by atoms with Gasteiger partial charge in [0, 0.05) is 0 Å². The molecule has 0 spiro atoms. The minimum atomic E-state index is 0.927. The summed E-state index contributed by atoms with van der Waals surface area (Å²) in [6.07, 6.45) is 0. The number of nitrogens with one attached hydrogen (secondary N) is 1. The third kappa shape index (κ3) is 3.92. The molecule has 0 amide bonds. The predicted molar refractivity (Wildman–Crippen MR) is 28.1 cm³/mol. The van der Waals surface area contributed by atoms with Crippen LogP contribution in [0.2, 0.25) is 0 Å². The molecule has 0 heterocycles. The monoisotopic (exact) mass is 87.1 g/mol. The second-order valence-corrected chi connectivity index (χ2v) is 1.14. The lowest BCUT2D eigenvalue weighted by molar-refractivity contribution is 0.832. The summed E-state index contributed by atoms with van der Waals surface area (Å²) in [5.41, 5.74) is 0. The molecule has 0 aliphatic heterocycles. The molecule has 2 heteroatoms. The molecule has 0 atom stereocenters. The van der Waals surface area contributed by atoms with Crippen molar-refractivity contribution in [3.8, 4) is 0 Å². The van der Waals surface area contributed by atoms with E-state index in [2.05, 4.69) is 10.6 Å². The van der Waals surface area contributed by atoms with E-state index in [1.165, 1.54) is 0 Å². The van der Waals surface area contributed by atoms with Crippen molar-refractivity contribution >= 4 is 0 Å². The molecule has 0 aromatic rings. The Bertz CT molecular complexity index is 17.5. The second kappa shape index (κ2) is 4.92. The van der Waals surface area contributed by atoms with Crippen LogP contribution < -0.4 is 5.32 Å². The molecular formula is C4H11N2-. The summed E-state index contributed by atoms with van der Waals surface area (Å²) in [7, 11) is 3.74. The van der Waals surface area contributed by atoms with Gasteiger partial charge in [-0.2, -0.15) is 7.05 Å². The Balaban J connectivity index is 2.34. The molecule has 0 radical (unpaired) electrons. The van der Waals surface area contributed by atoms with Crippen molar-refractivity contribution in [1.82, 2.24) is 5.32 Å². The van der Waals surface area contributed by atoms with Crippen molar-refractivity contribution in [2.45, 2.75) is 0 Å². The van der Waals surface area contributed by atoms with E-state index >= 15 is 0 Å². The van der Waals surface area contributed by atoms with Crippen LogP contribution in [-0.4, -0.2) is 27.2 Å². The molecule has 1 N–H and O–H groups in total. The van der Waals surface area contributed by atoms with E-state index < -0.39 is 0 Å². The molecule has 0 aromatic carbocycles. The Kier molecular flexibility index (Phi) is 4.85. The largest absolute Gasteiger partial charge is 0.664 e. The first-order valence-corrected chi connectivity index (χ1v) is 2.12. The van der Waals surface area contributed by atoms with Crippen molar-refractivity contribution in [2.24, 2.45) is 0 Å². The molecule has 0 rings (SSSR count). The zero-order valence-electron chi connectivity index (χ0n) is 4.36. The summed E-state index contributed by atoms with van der Waals surface area (Å²) in [5.74, 6) is 0.